The Morgan fingerprint density at radius 1 is 1.44 bits per heavy atom. The number of rotatable bonds is 1. The second-order valence-corrected chi connectivity index (χ2v) is 5.14. The number of Topliss-reactive ketones (excluding diaryl/α,β-unsaturated/α-hetero) is 1. The van der Waals surface area contributed by atoms with E-state index >= 15 is 0 Å². The molecule has 3 rings (SSSR count). The summed E-state index contributed by atoms with van der Waals surface area (Å²) in [5.74, 6) is 0.158. The van der Waals surface area contributed by atoms with E-state index in [9.17, 15) is 9.90 Å². The Morgan fingerprint density at radius 2 is 2.28 bits per heavy atom. The van der Waals surface area contributed by atoms with Gasteiger partial charge >= 0.3 is 0 Å². The summed E-state index contributed by atoms with van der Waals surface area (Å²) < 4.78 is 5.73. The van der Waals surface area contributed by atoms with Crippen LogP contribution in [0.1, 0.15) is 28.2 Å². The maximum atomic E-state index is 12.5. The lowest BCUT2D eigenvalue weighted by atomic mass is 9.90. The fourth-order valence-electron chi connectivity index (χ4n) is 2.16. The van der Waals surface area contributed by atoms with E-state index in [4.69, 9.17) is 4.74 Å². The molecule has 4 nitrogen and oxygen atoms in total. The lowest BCUT2D eigenvalue weighted by molar-refractivity contribution is 0.0809. The van der Waals surface area contributed by atoms with Crippen molar-refractivity contribution in [2.45, 2.75) is 18.9 Å². The number of nitrogens with zero attached hydrogens (tertiary/aromatic N) is 1. The predicted octanol–water partition coefficient (Wildman–Crippen LogP) is 2.60. The summed E-state index contributed by atoms with van der Waals surface area (Å²) in [6.45, 7) is 1.86. The second kappa shape index (κ2) is 4.10. The number of aromatic nitrogens is 1. The van der Waals surface area contributed by atoms with Crippen LogP contribution in [-0.2, 0) is 0 Å². The maximum absolute atomic E-state index is 12.5. The number of phenols is 1. The summed E-state index contributed by atoms with van der Waals surface area (Å²) in [5, 5.41) is 12.1. The van der Waals surface area contributed by atoms with E-state index in [2.05, 4.69) is 4.98 Å². The molecule has 0 saturated carbocycles. The zero-order valence-electron chi connectivity index (χ0n) is 9.66. The van der Waals surface area contributed by atoms with Crippen molar-refractivity contribution in [1.82, 2.24) is 4.98 Å². The number of benzene rings is 1. The standard InChI is InChI=1S/C13H11NO3S/c1-7-11(13-14-4-5-18-13)12(16)9-6-8(15)2-3-10(9)17-7/h2-7,11,15H,1H3. The van der Waals surface area contributed by atoms with Gasteiger partial charge in [0.15, 0.2) is 5.78 Å². The number of hydrogen-bond acceptors (Lipinski definition) is 5. The fourth-order valence-corrected chi connectivity index (χ4v) is 2.99. The van der Waals surface area contributed by atoms with Crippen LogP contribution >= 0.6 is 11.3 Å². The van der Waals surface area contributed by atoms with Gasteiger partial charge < -0.3 is 9.84 Å². The van der Waals surface area contributed by atoms with Gasteiger partial charge in [0.2, 0.25) is 0 Å². The van der Waals surface area contributed by atoms with E-state index in [1.54, 1.807) is 12.3 Å². The van der Waals surface area contributed by atoms with Crippen molar-refractivity contribution in [2.24, 2.45) is 0 Å². The lowest BCUT2D eigenvalue weighted by Gasteiger charge is -2.28. The van der Waals surface area contributed by atoms with Gasteiger partial charge in [0.1, 0.15) is 28.5 Å². The topological polar surface area (TPSA) is 59.4 Å². The summed E-state index contributed by atoms with van der Waals surface area (Å²) in [6, 6.07) is 4.59. The molecule has 1 aromatic carbocycles. The maximum Gasteiger partial charge on any atom is 0.180 e. The quantitative estimate of drug-likeness (QED) is 0.857. The van der Waals surface area contributed by atoms with Crippen LogP contribution in [0.5, 0.6) is 11.5 Å². The molecule has 2 heterocycles. The number of aromatic hydroxyl groups is 1. The number of thiazole rings is 1. The minimum absolute atomic E-state index is 0.0467. The number of carbonyl (C=O) groups is 1. The van der Waals surface area contributed by atoms with Gasteiger partial charge in [-0.1, -0.05) is 0 Å². The molecule has 0 radical (unpaired) electrons. The van der Waals surface area contributed by atoms with Crippen molar-refractivity contribution in [3.05, 3.63) is 40.3 Å². The Kier molecular flexibility index (Phi) is 2.56. The number of carbonyl (C=O) groups excluding carboxylic acids is 1. The van der Waals surface area contributed by atoms with Crippen LogP contribution in [0.25, 0.3) is 0 Å². The van der Waals surface area contributed by atoms with E-state index in [-0.39, 0.29) is 23.6 Å². The monoisotopic (exact) mass is 261 g/mol. The number of ketones is 1. The van der Waals surface area contributed by atoms with Crippen molar-refractivity contribution in [3.8, 4) is 11.5 Å². The average molecular weight is 261 g/mol. The Balaban J connectivity index is 2.08. The van der Waals surface area contributed by atoms with Crippen molar-refractivity contribution < 1.29 is 14.6 Å². The summed E-state index contributed by atoms with van der Waals surface area (Å²) in [5.41, 5.74) is 0.424. The number of phenolic OH excluding ortho intramolecular Hbond substituents is 1. The molecule has 0 fully saturated rings. The molecular weight excluding hydrogens is 250 g/mol. The summed E-state index contributed by atoms with van der Waals surface area (Å²) >= 11 is 1.44. The highest BCUT2D eigenvalue weighted by atomic mass is 32.1. The van der Waals surface area contributed by atoms with E-state index in [0.717, 1.165) is 5.01 Å². The highest BCUT2D eigenvalue weighted by molar-refractivity contribution is 7.09. The fraction of sp³-hybridized carbons (Fsp3) is 0.231. The summed E-state index contributed by atoms with van der Waals surface area (Å²) in [6.07, 6.45) is 1.43. The molecule has 2 unspecified atom stereocenters. The van der Waals surface area contributed by atoms with Gasteiger partial charge in [0.05, 0.1) is 5.56 Å². The predicted molar refractivity (Wildman–Crippen MR) is 67.4 cm³/mol. The van der Waals surface area contributed by atoms with Gasteiger partial charge in [-0.15, -0.1) is 11.3 Å². The first kappa shape index (κ1) is 11.2. The molecule has 2 aromatic rings. The molecule has 0 spiro atoms. The minimum atomic E-state index is -0.390. The number of fused-ring (bicyclic) bond motifs is 1. The molecule has 2 atom stereocenters. The second-order valence-electron chi connectivity index (χ2n) is 4.22. The third-order valence-electron chi connectivity index (χ3n) is 3.01. The Hall–Kier alpha value is -1.88. The smallest absolute Gasteiger partial charge is 0.180 e. The molecule has 5 heteroatoms. The van der Waals surface area contributed by atoms with Gasteiger partial charge in [-0.2, -0.15) is 0 Å². The molecule has 0 aliphatic carbocycles. The van der Waals surface area contributed by atoms with Crippen LogP contribution < -0.4 is 4.74 Å². The molecule has 1 aliphatic heterocycles. The molecule has 1 aromatic heterocycles. The molecule has 18 heavy (non-hydrogen) atoms. The molecule has 0 amide bonds. The summed E-state index contributed by atoms with van der Waals surface area (Å²) in [4.78, 5) is 16.6. The normalized spacial score (nSPS) is 22.4. The molecule has 0 bridgehead atoms. The van der Waals surface area contributed by atoms with Crippen LogP contribution in [0, 0.1) is 0 Å². The zero-order chi connectivity index (χ0) is 12.7. The van der Waals surface area contributed by atoms with E-state index < -0.39 is 0 Å². The van der Waals surface area contributed by atoms with Gasteiger partial charge in [-0.25, -0.2) is 4.98 Å². The highest BCUT2D eigenvalue weighted by Gasteiger charge is 2.37. The third-order valence-corrected chi connectivity index (χ3v) is 3.87. The van der Waals surface area contributed by atoms with Gasteiger partial charge in [0.25, 0.3) is 0 Å². The largest absolute Gasteiger partial charge is 0.508 e. The van der Waals surface area contributed by atoms with Gasteiger partial charge in [-0.3, -0.25) is 4.79 Å². The highest BCUT2D eigenvalue weighted by Crippen LogP contribution is 2.38. The molecule has 92 valence electrons. The number of hydrogen-bond donors (Lipinski definition) is 1. The average Bonchev–Trinajstić information content (AvgIpc) is 2.84. The van der Waals surface area contributed by atoms with Crippen LogP contribution in [0.2, 0.25) is 0 Å². The van der Waals surface area contributed by atoms with Crippen LogP contribution in [0.4, 0.5) is 0 Å². The minimum Gasteiger partial charge on any atom is -0.508 e. The van der Waals surface area contributed by atoms with Gasteiger partial charge in [-0.05, 0) is 25.1 Å². The first-order valence-electron chi connectivity index (χ1n) is 5.60. The zero-order valence-corrected chi connectivity index (χ0v) is 10.5. The van der Waals surface area contributed by atoms with Crippen LogP contribution in [-0.4, -0.2) is 22.0 Å². The number of ether oxygens (including phenoxy) is 1. The van der Waals surface area contributed by atoms with Crippen molar-refractivity contribution in [3.63, 3.8) is 0 Å². The van der Waals surface area contributed by atoms with Crippen molar-refractivity contribution >= 4 is 17.1 Å². The first-order chi connectivity index (χ1) is 8.66. The van der Waals surface area contributed by atoms with Gasteiger partial charge in [0, 0.05) is 11.6 Å². The molecule has 0 saturated heterocycles. The first-order valence-corrected chi connectivity index (χ1v) is 6.48. The Labute approximate surface area is 108 Å². The molecule has 1 N–H and O–H groups in total. The molecule has 1 aliphatic rings. The van der Waals surface area contributed by atoms with E-state index in [1.165, 1.54) is 23.5 Å². The Bertz CT molecular complexity index is 594. The SMILES string of the molecule is CC1Oc2ccc(O)cc2C(=O)C1c1nccs1. The molecular formula is C13H11NO3S. The van der Waals surface area contributed by atoms with Crippen molar-refractivity contribution in [1.29, 1.82) is 0 Å². The van der Waals surface area contributed by atoms with E-state index in [1.807, 2.05) is 12.3 Å². The lowest BCUT2D eigenvalue weighted by Crippen LogP contribution is -2.33. The van der Waals surface area contributed by atoms with Crippen LogP contribution in [0.3, 0.4) is 0 Å². The van der Waals surface area contributed by atoms with Crippen LogP contribution in [0.15, 0.2) is 29.8 Å². The van der Waals surface area contributed by atoms with E-state index in [0.29, 0.717) is 11.3 Å². The third kappa shape index (κ3) is 1.67. The Morgan fingerprint density at radius 3 is 3.00 bits per heavy atom. The summed E-state index contributed by atoms with van der Waals surface area (Å²) in [7, 11) is 0. The van der Waals surface area contributed by atoms with Crippen molar-refractivity contribution in [2.75, 3.05) is 0 Å².